The highest BCUT2D eigenvalue weighted by atomic mass is 16.5. The minimum absolute atomic E-state index is 0.277. The third-order valence-corrected chi connectivity index (χ3v) is 5.65. The molecule has 1 unspecified atom stereocenters. The van der Waals surface area contributed by atoms with E-state index in [0.717, 1.165) is 56.1 Å². The number of ether oxygens (including phenoxy) is 2. The number of likely N-dealkylation sites (tertiary alicyclic amines) is 1. The first-order valence-electron chi connectivity index (χ1n) is 9.35. The summed E-state index contributed by atoms with van der Waals surface area (Å²) in [5.74, 6) is 1.72. The number of nitrogens with zero attached hydrogens (tertiary/aromatic N) is 1. The molecular weight excluding hydrogens is 316 g/mol. The van der Waals surface area contributed by atoms with Gasteiger partial charge in [0, 0.05) is 31.5 Å². The Hall–Kier alpha value is -1.75. The van der Waals surface area contributed by atoms with Crippen LogP contribution in [0.1, 0.15) is 37.7 Å². The van der Waals surface area contributed by atoms with Crippen LogP contribution >= 0.6 is 0 Å². The van der Waals surface area contributed by atoms with Crippen LogP contribution in [0.5, 0.6) is 11.5 Å². The quantitative estimate of drug-likeness (QED) is 0.890. The number of benzene rings is 1. The number of hydrogen-bond donors (Lipinski definition) is 1. The van der Waals surface area contributed by atoms with Gasteiger partial charge in [-0.05, 0) is 56.3 Å². The standard InChI is InChI=1S/C20H30N2O3/c1-24-17-7-5-16(13-18(17)25-2)6-8-19(23)22-12-4-10-20(15-22)9-3-11-21-14-20/h5,7,13,21H,3-4,6,8-12,14-15H2,1-2H3. The van der Waals surface area contributed by atoms with E-state index in [4.69, 9.17) is 9.47 Å². The summed E-state index contributed by atoms with van der Waals surface area (Å²) in [4.78, 5) is 14.8. The molecule has 2 fully saturated rings. The van der Waals surface area contributed by atoms with Gasteiger partial charge in [0.1, 0.15) is 0 Å². The number of rotatable bonds is 5. The van der Waals surface area contributed by atoms with Crippen LogP contribution in [-0.2, 0) is 11.2 Å². The fraction of sp³-hybridized carbons (Fsp3) is 0.650. The summed E-state index contributed by atoms with van der Waals surface area (Å²) in [7, 11) is 3.27. The molecule has 2 aliphatic rings. The van der Waals surface area contributed by atoms with Crippen molar-refractivity contribution in [3.63, 3.8) is 0 Å². The molecule has 1 amide bonds. The van der Waals surface area contributed by atoms with Gasteiger partial charge in [0.15, 0.2) is 11.5 Å². The van der Waals surface area contributed by atoms with E-state index >= 15 is 0 Å². The van der Waals surface area contributed by atoms with Gasteiger partial charge in [0.05, 0.1) is 14.2 Å². The highest BCUT2D eigenvalue weighted by molar-refractivity contribution is 5.76. The number of carbonyl (C=O) groups excluding carboxylic acids is 1. The Labute approximate surface area is 150 Å². The van der Waals surface area contributed by atoms with E-state index < -0.39 is 0 Å². The van der Waals surface area contributed by atoms with E-state index in [1.54, 1.807) is 14.2 Å². The molecule has 1 atom stereocenters. The maximum Gasteiger partial charge on any atom is 0.222 e. The molecular formula is C20H30N2O3. The van der Waals surface area contributed by atoms with Crippen LogP contribution in [0.2, 0.25) is 0 Å². The van der Waals surface area contributed by atoms with Crippen LogP contribution in [0.3, 0.4) is 0 Å². The molecule has 1 aromatic carbocycles. The summed E-state index contributed by atoms with van der Waals surface area (Å²) in [6.07, 6.45) is 6.15. The van der Waals surface area contributed by atoms with Gasteiger partial charge in [-0.25, -0.2) is 0 Å². The molecule has 0 aromatic heterocycles. The summed E-state index contributed by atoms with van der Waals surface area (Å²) in [6.45, 7) is 4.01. The molecule has 25 heavy (non-hydrogen) atoms. The van der Waals surface area contributed by atoms with Crippen LogP contribution in [0.25, 0.3) is 0 Å². The van der Waals surface area contributed by atoms with Crippen molar-refractivity contribution in [2.24, 2.45) is 5.41 Å². The normalized spacial score (nSPS) is 23.5. The van der Waals surface area contributed by atoms with Crippen LogP contribution in [0.4, 0.5) is 0 Å². The van der Waals surface area contributed by atoms with Crippen molar-refractivity contribution in [3.05, 3.63) is 23.8 Å². The first kappa shape index (κ1) is 18.1. The number of amides is 1. The lowest BCUT2D eigenvalue weighted by Crippen LogP contribution is -2.52. The highest BCUT2D eigenvalue weighted by Crippen LogP contribution is 2.36. The zero-order valence-corrected chi connectivity index (χ0v) is 15.5. The molecule has 138 valence electrons. The molecule has 2 saturated heterocycles. The van der Waals surface area contributed by atoms with E-state index in [0.29, 0.717) is 11.8 Å². The van der Waals surface area contributed by atoms with Gasteiger partial charge in [-0.2, -0.15) is 0 Å². The van der Waals surface area contributed by atoms with Gasteiger partial charge in [-0.3, -0.25) is 4.79 Å². The van der Waals surface area contributed by atoms with Crippen molar-refractivity contribution in [1.29, 1.82) is 0 Å². The van der Waals surface area contributed by atoms with Gasteiger partial charge in [-0.15, -0.1) is 0 Å². The molecule has 2 aliphatic heterocycles. The predicted molar refractivity (Wildman–Crippen MR) is 98.2 cm³/mol. The minimum Gasteiger partial charge on any atom is -0.493 e. The summed E-state index contributed by atoms with van der Waals surface area (Å²) in [5, 5.41) is 3.52. The van der Waals surface area contributed by atoms with Crippen molar-refractivity contribution in [1.82, 2.24) is 10.2 Å². The van der Waals surface area contributed by atoms with Crippen molar-refractivity contribution in [2.75, 3.05) is 40.4 Å². The summed E-state index contributed by atoms with van der Waals surface area (Å²) in [5.41, 5.74) is 1.42. The molecule has 0 radical (unpaired) electrons. The number of methoxy groups -OCH3 is 2. The Balaban J connectivity index is 1.57. The lowest BCUT2D eigenvalue weighted by Gasteiger charge is -2.45. The number of hydrogen-bond acceptors (Lipinski definition) is 4. The van der Waals surface area contributed by atoms with Crippen LogP contribution < -0.4 is 14.8 Å². The third-order valence-electron chi connectivity index (χ3n) is 5.65. The van der Waals surface area contributed by atoms with Gasteiger partial charge >= 0.3 is 0 Å². The second kappa shape index (κ2) is 8.09. The fourth-order valence-electron chi connectivity index (χ4n) is 4.24. The number of piperidine rings is 2. The van der Waals surface area contributed by atoms with Gasteiger partial charge in [0.2, 0.25) is 5.91 Å². The zero-order valence-electron chi connectivity index (χ0n) is 15.5. The SMILES string of the molecule is COc1ccc(CCC(=O)N2CCCC3(CCCNC3)C2)cc1OC. The molecule has 1 spiro atoms. The van der Waals surface area contributed by atoms with E-state index in [-0.39, 0.29) is 5.91 Å². The molecule has 0 saturated carbocycles. The van der Waals surface area contributed by atoms with E-state index in [1.165, 1.54) is 19.3 Å². The lowest BCUT2D eigenvalue weighted by molar-refractivity contribution is -0.135. The molecule has 0 aliphatic carbocycles. The number of aryl methyl sites for hydroxylation is 1. The van der Waals surface area contributed by atoms with Gasteiger partial charge in [-0.1, -0.05) is 6.07 Å². The topological polar surface area (TPSA) is 50.8 Å². The van der Waals surface area contributed by atoms with Crippen LogP contribution in [0.15, 0.2) is 18.2 Å². The maximum absolute atomic E-state index is 12.7. The number of nitrogens with one attached hydrogen (secondary N) is 1. The largest absolute Gasteiger partial charge is 0.493 e. The lowest BCUT2D eigenvalue weighted by atomic mass is 9.74. The summed E-state index contributed by atoms with van der Waals surface area (Å²) < 4.78 is 10.6. The Morgan fingerprint density at radius 2 is 2.00 bits per heavy atom. The molecule has 1 N–H and O–H groups in total. The van der Waals surface area contributed by atoms with Gasteiger partial charge in [0.25, 0.3) is 0 Å². The zero-order chi connectivity index (χ0) is 17.7. The van der Waals surface area contributed by atoms with Crippen LogP contribution in [0, 0.1) is 5.41 Å². The molecule has 0 bridgehead atoms. The number of carbonyl (C=O) groups is 1. The third kappa shape index (κ3) is 4.27. The molecule has 5 heteroatoms. The second-order valence-corrected chi connectivity index (χ2v) is 7.39. The van der Waals surface area contributed by atoms with E-state index in [1.807, 2.05) is 18.2 Å². The van der Waals surface area contributed by atoms with E-state index in [2.05, 4.69) is 10.2 Å². The van der Waals surface area contributed by atoms with Crippen LogP contribution in [-0.4, -0.2) is 51.2 Å². The Morgan fingerprint density at radius 1 is 1.20 bits per heavy atom. The van der Waals surface area contributed by atoms with Crippen molar-refractivity contribution in [3.8, 4) is 11.5 Å². The fourth-order valence-corrected chi connectivity index (χ4v) is 4.24. The average molecular weight is 346 g/mol. The van der Waals surface area contributed by atoms with Crippen molar-refractivity contribution in [2.45, 2.75) is 38.5 Å². The average Bonchev–Trinajstić information content (AvgIpc) is 2.66. The Kier molecular flexibility index (Phi) is 5.84. The summed E-state index contributed by atoms with van der Waals surface area (Å²) in [6, 6.07) is 5.88. The van der Waals surface area contributed by atoms with Crippen molar-refractivity contribution >= 4 is 5.91 Å². The predicted octanol–water partition coefficient (Wildman–Crippen LogP) is 2.63. The Morgan fingerprint density at radius 3 is 2.72 bits per heavy atom. The molecule has 3 rings (SSSR count). The Bertz CT molecular complexity index is 591. The second-order valence-electron chi connectivity index (χ2n) is 7.39. The molecule has 5 nitrogen and oxygen atoms in total. The molecule has 1 aromatic rings. The van der Waals surface area contributed by atoms with Crippen molar-refractivity contribution < 1.29 is 14.3 Å². The highest BCUT2D eigenvalue weighted by Gasteiger charge is 2.37. The maximum atomic E-state index is 12.7. The summed E-state index contributed by atoms with van der Waals surface area (Å²) >= 11 is 0. The first-order chi connectivity index (χ1) is 12.2. The smallest absolute Gasteiger partial charge is 0.222 e. The van der Waals surface area contributed by atoms with Gasteiger partial charge < -0.3 is 19.7 Å². The first-order valence-corrected chi connectivity index (χ1v) is 9.35. The monoisotopic (exact) mass is 346 g/mol. The van der Waals surface area contributed by atoms with E-state index in [9.17, 15) is 4.79 Å². The molecule has 2 heterocycles. The minimum atomic E-state index is 0.277.